The zero-order valence-corrected chi connectivity index (χ0v) is 12.0. The normalized spacial score (nSPS) is 10.4. The summed E-state index contributed by atoms with van der Waals surface area (Å²) in [7, 11) is 0. The number of carbonyl (C=O) groups is 1. The van der Waals surface area contributed by atoms with Gasteiger partial charge in [-0.05, 0) is 40.2 Å². The molecule has 0 atom stereocenters. The fraction of sp³-hybridized carbons (Fsp3) is 0. The Morgan fingerprint density at radius 1 is 1.05 bits per heavy atom. The molecule has 0 heterocycles. The quantitative estimate of drug-likeness (QED) is 0.764. The van der Waals surface area contributed by atoms with Crippen molar-refractivity contribution in [3.63, 3.8) is 0 Å². The monoisotopic (exact) mass is 363 g/mol. The van der Waals surface area contributed by atoms with Gasteiger partial charge in [0.2, 0.25) is 0 Å². The Kier molecular flexibility index (Phi) is 4.35. The van der Waals surface area contributed by atoms with Gasteiger partial charge in [0, 0.05) is 11.1 Å². The lowest BCUT2D eigenvalue weighted by Crippen LogP contribution is -2.15. The number of rotatable bonds is 2. The summed E-state index contributed by atoms with van der Waals surface area (Å²) in [5.74, 6) is -3.47. The molecular formula is C13H6BrClF3NO. The van der Waals surface area contributed by atoms with Crippen molar-refractivity contribution in [3.8, 4) is 0 Å². The maximum Gasteiger partial charge on any atom is 0.258 e. The molecule has 0 unspecified atom stereocenters. The van der Waals surface area contributed by atoms with Crippen molar-refractivity contribution in [1.82, 2.24) is 0 Å². The van der Waals surface area contributed by atoms with E-state index in [-0.39, 0.29) is 20.7 Å². The minimum Gasteiger partial charge on any atom is -0.319 e. The van der Waals surface area contributed by atoms with Crippen LogP contribution in [0, 0.1) is 17.5 Å². The van der Waals surface area contributed by atoms with Crippen LogP contribution in [-0.4, -0.2) is 5.91 Å². The van der Waals surface area contributed by atoms with Crippen LogP contribution in [0.2, 0.25) is 5.02 Å². The summed E-state index contributed by atoms with van der Waals surface area (Å²) in [6.45, 7) is 0. The third-order valence-electron chi connectivity index (χ3n) is 2.43. The molecule has 0 radical (unpaired) electrons. The van der Waals surface area contributed by atoms with Crippen molar-refractivity contribution in [2.45, 2.75) is 0 Å². The van der Waals surface area contributed by atoms with E-state index in [0.29, 0.717) is 6.07 Å². The van der Waals surface area contributed by atoms with Gasteiger partial charge in [0.1, 0.15) is 17.5 Å². The van der Waals surface area contributed by atoms with E-state index in [2.05, 4.69) is 21.2 Å². The van der Waals surface area contributed by atoms with Gasteiger partial charge in [-0.1, -0.05) is 11.6 Å². The van der Waals surface area contributed by atoms with E-state index in [1.54, 1.807) is 0 Å². The predicted octanol–water partition coefficient (Wildman–Crippen LogP) is 4.77. The number of carbonyl (C=O) groups excluding carboxylic acids is 1. The van der Waals surface area contributed by atoms with Crippen molar-refractivity contribution >= 4 is 39.1 Å². The maximum atomic E-state index is 13.5. The number of hydrogen-bond acceptors (Lipinski definition) is 1. The largest absolute Gasteiger partial charge is 0.319 e. The van der Waals surface area contributed by atoms with Crippen LogP contribution in [0.1, 0.15) is 10.4 Å². The summed E-state index contributed by atoms with van der Waals surface area (Å²) in [5.41, 5.74) is -0.611. The van der Waals surface area contributed by atoms with Gasteiger partial charge in [-0.15, -0.1) is 0 Å². The highest BCUT2D eigenvalue weighted by atomic mass is 79.9. The van der Waals surface area contributed by atoms with Gasteiger partial charge < -0.3 is 5.32 Å². The fourth-order valence-corrected chi connectivity index (χ4v) is 1.99. The molecule has 0 spiro atoms. The van der Waals surface area contributed by atoms with Crippen molar-refractivity contribution in [3.05, 3.63) is 62.8 Å². The molecule has 2 aromatic carbocycles. The molecule has 2 rings (SSSR count). The zero-order chi connectivity index (χ0) is 14.9. The fourth-order valence-electron chi connectivity index (χ4n) is 1.48. The smallest absolute Gasteiger partial charge is 0.258 e. The second-order valence-electron chi connectivity index (χ2n) is 3.82. The van der Waals surface area contributed by atoms with Gasteiger partial charge in [0.15, 0.2) is 0 Å². The molecule has 0 aliphatic carbocycles. The number of nitrogens with one attached hydrogen (secondary N) is 1. The summed E-state index contributed by atoms with van der Waals surface area (Å²) in [6.07, 6.45) is 0. The van der Waals surface area contributed by atoms with Gasteiger partial charge in [-0.25, -0.2) is 13.2 Å². The SMILES string of the molecule is O=C(Nc1cc(Br)c(F)cc1F)c1cc(Cl)ccc1F. The molecule has 20 heavy (non-hydrogen) atoms. The summed E-state index contributed by atoms with van der Waals surface area (Å²) in [5, 5.41) is 2.32. The lowest BCUT2D eigenvalue weighted by atomic mass is 10.2. The number of amides is 1. The molecule has 2 aromatic rings. The van der Waals surface area contributed by atoms with E-state index in [4.69, 9.17) is 11.6 Å². The van der Waals surface area contributed by atoms with Gasteiger partial charge in [-0.2, -0.15) is 0 Å². The standard InChI is InChI=1S/C13H6BrClF3NO/c14-8-4-12(11(18)5-10(8)17)19-13(20)7-3-6(15)1-2-9(7)16/h1-5H,(H,19,20). The molecule has 1 amide bonds. The second-order valence-corrected chi connectivity index (χ2v) is 5.12. The first-order valence-corrected chi connectivity index (χ1v) is 6.46. The van der Waals surface area contributed by atoms with E-state index in [0.717, 1.165) is 18.2 Å². The Morgan fingerprint density at radius 3 is 2.45 bits per heavy atom. The molecule has 1 N–H and O–H groups in total. The van der Waals surface area contributed by atoms with Gasteiger partial charge in [0.25, 0.3) is 5.91 Å². The topological polar surface area (TPSA) is 29.1 Å². The van der Waals surface area contributed by atoms with E-state index in [9.17, 15) is 18.0 Å². The summed E-state index contributed by atoms with van der Waals surface area (Å²) in [4.78, 5) is 11.9. The minimum atomic E-state index is -0.971. The highest BCUT2D eigenvalue weighted by Gasteiger charge is 2.16. The van der Waals surface area contributed by atoms with Crippen molar-refractivity contribution in [1.29, 1.82) is 0 Å². The maximum absolute atomic E-state index is 13.5. The first kappa shape index (κ1) is 14.9. The van der Waals surface area contributed by atoms with Gasteiger partial charge >= 0.3 is 0 Å². The van der Waals surface area contributed by atoms with Gasteiger partial charge in [0.05, 0.1) is 15.7 Å². The third-order valence-corrected chi connectivity index (χ3v) is 3.27. The highest BCUT2D eigenvalue weighted by Crippen LogP contribution is 2.24. The molecular weight excluding hydrogens is 358 g/mol. The Bertz CT molecular complexity index is 694. The average Bonchev–Trinajstić information content (AvgIpc) is 2.38. The van der Waals surface area contributed by atoms with Gasteiger partial charge in [-0.3, -0.25) is 4.79 Å². The molecule has 7 heteroatoms. The Balaban J connectivity index is 2.32. The van der Waals surface area contributed by atoms with Crippen molar-refractivity contribution in [2.24, 2.45) is 0 Å². The Morgan fingerprint density at radius 2 is 1.75 bits per heavy atom. The van der Waals surface area contributed by atoms with Crippen LogP contribution in [0.5, 0.6) is 0 Å². The van der Waals surface area contributed by atoms with Crippen LogP contribution in [-0.2, 0) is 0 Å². The summed E-state index contributed by atoms with van der Waals surface area (Å²) < 4.78 is 40.0. The molecule has 0 fully saturated rings. The van der Waals surface area contributed by atoms with Crippen LogP contribution in [0.25, 0.3) is 0 Å². The van der Waals surface area contributed by atoms with Crippen molar-refractivity contribution in [2.75, 3.05) is 5.32 Å². The highest BCUT2D eigenvalue weighted by molar-refractivity contribution is 9.10. The summed E-state index contributed by atoms with van der Waals surface area (Å²) >= 11 is 8.53. The summed E-state index contributed by atoms with van der Waals surface area (Å²) in [6, 6.07) is 5.07. The van der Waals surface area contributed by atoms with Crippen LogP contribution >= 0.6 is 27.5 Å². The van der Waals surface area contributed by atoms with E-state index in [1.807, 2.05) is 0 Å². The van der Waals surface area contributed by atoms with Crippen molar-refractivity contribution < 1.29 is 18.0 Å². The Hall–Kier alpha value is -1.53. The molecule has 0 bridgehead atoms. The Labute approximate surface area is 125 Å². The molecule has 0 saturated heterocycles. The zero-order valence-electron chi connectivity index (χ0n) is 9.68. The molecule has 104 valence electrons. The van der Waals surface area contributed by atoms with E-state index < -0.39 is 23.4 Å². The lowest BCUT2D eigenvalue weighted by molar-refractivity contribution is 0.102. The second kappa shape index (κ2) is 5.85. The molecule has 0 aromatic heterocycles. The number of halogens is 5. The number of hydrogen-bond donors (Lipinski definition) is 1. The van der Waals surface area contributed by atoms with Crippen LogP contribution in [0.15, 0.2) is 34.8 Å². The molecule has 0 saturated carbocycles. The van der Waals surface area contributed by atoms with Crippen LogP contribution < -0.4 is 5.32 Å². The van der Waals surface area contributed by atoms with E-state index >= 15 is 0 Å². The molecule has 2 nitrogen and oxygen atoms in total. The number of benzene rings is 2. The minimum absolute atomic E-state index is 0.0271. The van der Waals surface area contributed by atoms with E-state index in [1.165, 1.54) is 6.07 Å². The van der Waals surface area contributed by atoms with Crippen LogP contribution in [0.4, 0.5) is 18.9 Å². The average molecular weight is 365 g/mol. The molecule has 0 aliphatic rings. The predicted molar refractivity (Wildman–Crippen MR) is 73.4 cm³/mol. The third kappa shape index (κ3) is 3.13. The van der Waals surface area contributed by atoms with Crippen LogP contribution in [0.3, 0.4) is 0 Å². The first-order chi connectivity index (χ1) is 9.38. The lowest BCUT2D eigenvalue weighted by Gasteiger charge is -2.08. The first-order valence-electron chi connectivity index (χ1n) is 5.29. The molecule has 0 aliphatic heterocycles. The number of anilines is 1.